The van der Waals surface area contributed by atoms with E-state index < -0.39 is 17.4 Å². The van der Waals surface area contributed by atoms with Gasteiger partial charge in [-0.05, 0) is 40.4 Å². The van der Waals surface area contributed by atoms with Crippen LogP contribution < -0.4 is 5.32 Å². The molecule has 0 fully saturated rings. The van der Waals surface area contributed by atoms with Gasteiger partial charge in [-0.15, -0.1) is 0 Å². The van der Waals surface area contributed by atoms with Gasteiger partial charge in [-0.2, -0.15) is 0 Å². The molecule has 27 heavy (non-hydrogen) atoms. The monoisotopic (exact) mass is 365 g/mol. The molecule has 3 rings (SSSR count). The Morgan fingerprint density at radius 1 is 0.889 bits per heavy atom. The summed E-state index contributed by atoms with van der Waals surface area (Å²) in [7, 11) is 0. The van der Waals surface area contributed by atoms with Crippen LogP contribution in [-0.2, 0) is 4.79 Å². The van der Waals surface area contributed by atoms with Crippen molar-refractivity contribution in [3.05, 3.63) is 53.6 Å². The second-order valence-electron chi connectivity index (χ2n) is 7.41. The molecule has 0 radical (unpaired) electrons. The number of carbonyl (C=O) groups is 3. The Labute approximate surface area is 155 Å². The summed E-state index contributed by atoms with van der Waals surface area (Å²) in [4.78, 5) is 35.9. The summed E-state index contributed by atoms with van der Waals surface area (Å²) in [5.41, 5.74) is -0.315. The number of hydrogen-bond donors (Lipinski definition) is 3. The Hall–Kier alpha value is -3.41. The van der Waals surface area contributed by atoms with Gasteiger partial charge in [0, 0.05) is 16.5 Å². The minimum absolute atomic E-state index is 0.0732. The van der Waals surface area contributed by atoms with Gasteiger partial charge < -0.3 is 15.5 Å². The molecule has 3 N–H and O–H groups in total. The van der Waals surface area contributed by atoms with E-state index in [0.29, 0.717) is 21.8 Å². The van der Waals surface area contributed by atoms with Crippen molar-refractivity contribution in [2.45, 2.75) is 20.8 Å². The molecular formula is C21H19NO5. The first-order valence-corrected chi connectivity index (χ1v) is 8.37. The first-order valence-electron chi connectivity index (χ1n) is 8.37. The fourth-order valence-electron chi connectivity index (χ4n) is 2.97. The van der Waals surface area contributed by atoms with Crippen molar-refractivity contribution in [3.63, 3.8) is 0 Å². The highest BCUT2D eigenvalue weighted by molar-refractivity contribution is 6.21. The maximum Gasteiger partial charge on any atom is 0.336 e. The summed E-state index contributed by atoms with van der Waals surface area (Å²) >= 11 is 0. The molecule has 0 unspecified atom stereocenters. The predicted octanol–water partition coefficient (Wildman–Crippen LogP) is 4.37. The van der Waals surface area contributed by atoms with Crippen molar-refractivity contribution in [1.29, 1.82) is 0 Å². The normalized spacial score (nSPS) is 11.5. The van der Waals surface area contributed by atoms with Gasteiger partial charge in [0.2, 0.25) is 5.91 Å². The van der Waals surface area contributed by atoms with Gasteiger partial charge in [-0.25, -0.2) is 9.59 Å². The Bertz CT molecular complexity index is 1110. The zero-order chi connectivity index (χ0) is 19.9. The van der Waals surface area contributed by atoms with Gasteiger partial charge in [-0.3, -0.25) is 4.79 Å². The SMILES string of the molecule is CC(C)(C)C(=O)Nc1ccc2cc3cccc(C(=O)O)c3c(C(=O)O)c2c1. The van der Waals surface area contributed by atoms with E-state index in [2.05, 4.69) is 5.32 Å². The second-order valence-corrected chi connectivity index (χ2v) is 7.41. The van der Waals surface area contributed by atoms with E-state index in [1.165, 1.54) is 6.07 Å². The summed E-state index contributed by atoms with van der Waals surface area (Å²) in [5, 5.41) is 23.8. The molecule has 0 bridgehead atoms. The predicted molar refractivity (Wildman–Crippen MR) is 103 cm³/mol. The van der Waals surface area contributed by atoms with Crippen LogP contribution in [0.1, 0.15) is 41.5 Å². The van der Waals surface area contributed by atoms with Crippen LogP contribution in [0.5, 0.6) is 0 Å². The lowest BCUT2D eigenvalue weighted by Crippen LogP contribution is -2.27. The molecule has 0 atom stereocenters. The molecule has 0 aromatic heterocycles. The lowest BCUT2D eigenvalue weighted by molar-refractivity contribution is -0.123. The molecule has 138 valence electrons. The number of carbonyl (C=O) groups excluding carboxylic acids is 1. The third-order valence-electron chi connectivity index (χ3n) is 4.36. The van der Waals surface area contributed by atoms with Crippen LogP contribution in [-0.4, -0.2) is 28.1 Å². The van der Waals surface area contributed by atoms with Crippen LogP contribution in [0.15, 0.2) is 42.5 Å². The molecule has 6 heteroatoms. The van der Waals surface area contributed by atoms with E-state index in [1.807, 2.05) is 0 Å². The maximum absolute atomic E-state index is 12.2. The van der Waals surface area contributed by atoms with Crippen molar-refractivity contribution < 1.29 is 24.6 Å². The lowest BCUT2D eigenvalue weighted by Gasteiger charge is -2.18. The number of hydrogen-bond acceptors (Lipinski definition) is 3. The average Bonchev–Trinajstić information content (AvgIpc) is 2.57. The van der Waals surface area contributed by atoms with Crippen molar-refractivity contribution in [1.82, 2.24) is 0 Å². The van der Waals surface area contributed by atoms with Gasteiger partial charge in [0.25, 0.3) is 0 Å². The molecule has 0 saturated heterocycles. The number of benzene rings is 3. The third-order valence-corrected chi connectivity index (χ3v) is 4.36. The number of fused-ring (bicyclic) bond motifs is 2. The van der Waals surface area contributed by atoms with Crippen molar-refractivity contribution in [2.24, 2.45) is 5.41 Å². The number of anilines is 1. The molecule has 3 aromatic rings. The first-order chi connectivity index (χ1) is 12.6. The maximum atomic E-state index is 12.2. The molecule has 6 nitrogen and oxygen atoms in total. The summed E-state index contributed by atoms with van der Waals surface area (Å²) in [6, 6.07) is 11.4. The summed E-state index contributed by atoms with van der Waals surface area (Å²) in [5.74, 6) is -2.62. The topological polar surface area (TPSA) is 104 Å². The smallest absolute Gasteiger partial charge is 0.336 e. The average molecular weight is 365 g/mol. The van der Waals surface area contributed by atoms with E-state index in [-0.39, 0.29) is 22.4 Å². The van der Waals surface area contributed by atoms with E-state index in [0.717, 1.165) is 0 Å². The standard InChI is InChI=1S/C21H19NO5/c1-21(2,3)20(27)22-13-8-7-11-9-12-5-4-6-14(18(23)24)16(12)17(19(25)26)15(11)10-13/h4-10H,1-3H3,(H,22,27)(H,23,24)(H,25,26). The fraction of sp³-hybridized carbons (Fsp3) is 0.190. The highest BCUT2D eigenvalue weighted by Gasteiger charge is 2.23. The van der Waals surface area contributed by atoms with Gasteiger partial charge >= 0.3 is 11.9 Å². The highest BCUT2D eigenvalue weighted by Crippen LogP contribution is 2.33. The van der Waals surface area contributed by atoms with Crippen LogP contribution >= 0.6 is 0 Å². The van der Waals surface area contributed by atoms with E-state index in [1.54, 1.807) is 57.2 Å². The largest absolute Gasteiger partial charge is 0.478 e. The lowest BCUT2D eigenvalue weighted by atomic mass is 9.92. The minimum Gasteiger partial charge on any atom is -0.478 e. The second kappa shape index (κ2) is 6.39. The Kier molecular flexibility index (Phi) is 4.35. The van der Waals surface area contributed by atoms with Crippen LogP contribution in [0.4, 0.5) is 5.69 Å². The van der Waals surface area contributed by atoms with Crippen LogP contribution in [0.25, 0.3) is 21.5 Å². The van der Waals surface area contributed by atoms with Crippen molar-refractivity contribution in [3.8, 4) is 0 Å². The summed E-state index contributed by atoms with van der Waals surface area (Å²) < 4.78 is 0. The molecule has 0 heterocycles. The number of nitrogens with one attached hydrogen (secondary N) is 1. The zero-order valence-electron chi connectivity index (χ0n) is 15.2. The van der Waals surface area contributed by atoms with Crippen molar-refractivity contribution in [2.75, 3.05) is 5.32 Å². The van der Waals surface area contributed by atoms with Crippen molar-refractivity contribution >= 4 is 45.1 Å². The Balaban J connectivity index is 2.32. The van der Waals surface area contributed by atoms with E-state index in [4.69, 9.17) is 0 Å². The Morgan fingerprint density at radius 2 is 1.59 bits per heavy atom. The first kappa shape index (κ1) is 18.4. The number of aromatic carboxylic acids is 2. The van der Waals surface area contributed by atoms with Gasteiger partial charge in [-0.1, -0.05) is 39.0 Å². The Morgan fingerprint density at radius 3 is 2.19 bits per heavy atom. The summed E-state index contributed by atoms with van der Waals surface area (Å²) in [6.45, 7) is 5.33. The highest BCUT2D eigenvalue weighted by atomic mass is 16.4. The van der Waals surface area contributed by atoms with Gasteiger partial charge in [0.15, 0.2) is 0 Å². The zero-order valence-corrected chi connectivity index (χ0v) is 15.2. The number of carboxylic acid groups (broad SMARTS) is 2. The van der Waals surface area contributed by atoms with Gasteiger partial charge in [0.05, 0.1) is 11.1 Å². The molecule has 0 aliphatic carbocycles. The minimum atomic E-state index is -1.22. The third kappa shape index (κ3) is 3.33. The molecule has 3 aromatic carbocycles. The quantitative estimate of drug-likeness (QED) is 0.598. The van der Waals surface area contributed by atoms with E-state index >= 15 is 0 Å². The molecule has 0 spiro atoms. The number of carboxylic acids is 2. The van der Waals surface area contributed by atoms with Crippen LogP contribution in [0.3, 0.4) is 0 Å². The summed E-state index contributed by atoms with van der Waals surface area (Å²) in [6.07, 6.45) is 0. The fourth-order valence-corrected chi connectivity index (χ4v) is 2.97. The molecule has 0 aliphatic heterocycles. The molecule has 0 saturated carbocycles. The number of rotatable bonds is 3. The molecule has 0 aliphatic rings. The van der Waals surface area contributed by atoms with E-state index in [9.17, 15) is 24.6 Å². The van der Waals surface area contributed by atoms with Crippen LogP contribution in [0.2, 0.25) is 0 Å². The van der Waals surface area contributed by atoms with Gasteiger partial charge in [0.1, 0.15) is 0 Å². The molecule has 1 amide bonds. The van der Waals surface area contributed by atoms with Crippen LogP contribution in [0, 0.1) is 5.41 Å². The molecular weight excluding hydrogens is 346 g/mol. The number of amides is 1.